The van der Waals surface area contributed by atoms with Crippen molar-refractivity contribution < 1.29 is 23.9 Å². The van der Waals surface area contributed by atoms with Gasteiger partial charge < -0.3 is 20.1 Å². The SMILES string of the molecule is CCOC(=O)c1ccc(NC(=O)CCNC(=O)OCc2ccccc2)cc1. The third-order valence-corrected chi connectivity index (χ3v) is 3.51. The number of rotatable bonds is 8. The summed E-state index contributed by atoms with van der Waals surface area (Å²) in [5, 5.41) is 5.21. The van der Waals surface area contributed by atoms with Gasteiger partial charge in [0.15, 0.2) is 0 Å². The van der Waals surface area contributed by atoms with E-state index in [1.54, 1.807) is 31.2 Å². The summed E-state index contributed by atoms with van der Waals surface area (Å²) < 4.78 is 9.95. The van der Waals surface area contributed by atoms with Crippen LogP contribution in [0.5, 0.6) is 0 Å². The molecule has 7 heteroatoms. The molecule has 0 heterocycles. The number of anilines is 1. The summed E-state index contributed by atoms with van der Waals surface area (Å²) in [6.45, 7) is 2.36. The topological polar surface area (TPSA) is 93.7 Å². The first-order valence-electron chi connectivity index (χ1n) is 8.60. The van der Waals surface area contributed by atoms with Crippen molar-refractivity contribution >= 4 is 23.7 Å². The molecule has 0 unspecified atom stereocenters. The molecular formula is C20H22N2O5. The fourth-order valence-corrected chi connectivity index (χ4v) is 2.18. The van der Waals surface area contributed by atoms with E-state index >= 15 is 0 Å². The van der Waals surface area contributed by atoms with E-state index in [0.717, 1.165) is 5.56 Å². The van der Waals surface area contributed by atoms with Gasteiger partial charge in [-0.15, -0.1) is 0 Å². The van der Waals surface area contributed by atoms with Crippen molar-refractivity contribution in [1.82, 2.24) is 5.32 Å². The number of ether oxygens (including phenoxy) is 2. The van der Waals surface area contributed by atoms with Gasteiger partial charge in [-0.05, 0) is 36.8 Å². The van der Waals surface area contributed by atoms with Crippen LogP contribution in [0.2, 0.25) is 0 Å². The summed E-state index contributed by atoms with van der Waals surface area (Å²) >= 11 is 0. The number of amides is 2. The van der Waals surface area contributed by atoms with Gasteiger partial charge in [0.25, 0.3) is 0 Å². The Morgan fingerprint density at radius 3 is 2.30 bits per heavy atom. The smallest absolute Gasteiger partial charge is 0.407 e. The molecule has 0 atom stereocenters. The highest BCUT2D eigenvalue weighted by molar-refractivity contribution is 5.93. The van der Waals surface area contributed by atoms with Crippen LogP contribution in [0.15, 0.2) is 54.6 Å². The Morgan fingerprint density at radius 1 is 0.926 bits per heavy atom. The Labute approximate surface area is 157 Å². The second kappa shape index (κ2) is 10.6. The van der Waals surface area contributed by atoms with Crippen LogP contribution in [-0.2, 0) is 20.9 Å². The first-order chi connectivity index (χ1) is 13.1. The van der Waals surface area contributed by atoms with Crippen molar-refractivity contribution in [3.8, 4) is 0 Å². The molecular weight excluding hydrogens is 348 g/mol. The monoisotopic (exact) mass is 370 g/mol. The molecule has 2 aromatic carbocycles. The minimum absolute atomic E-state index is 0.0973. The van der Waals surface area contributed by atoms with E-state index in [2.05, 4.69) is 10.6 Å². The van der Waals surface area contributed by atoms with E-state index in [1.807, 2.05) is 30.3 Å². The number of nitrogens with one attached hydrogen (secondary N) is 2. The van der Waals surface area contributed by atoms with Crippen molar-refractivity contribution in [1.29, 1.82) is 0 Å². The molecule has 0 aromatic heterocycles. The summed E-state index contributed by atoms with van der Waals surface area (Å²) in [4.78, 5) is 35.1. The molecule has 0 spiro atoms. The number of esters is 1. The first-order valence-corrected chi connectivity index (χ1v) is 8.60. The maximum atomic E-state index is 11.9. The van der Waals surface area contributed by atoms with E-state index < -0.39 is 12.1 Å². The van der Waals surface area contributed by atoms with Gasteiger partial charge in [-0.2, -0.15) is 0 Å². The number of carbonyl (C=O) groups is 3. The Balaban J connectivity index is 1.67. The quantitative estimate of drug-likeness (QED) is 0.697. The van der Waals surface area contributed by atoms with Crippen LogP contribution in [-0.4, -0.2) is 31.1 Å². The number of benzene rings is 2. The predicted molar refractivity (Wildman–Crippen MR) is 100 cm³/mol. The molecule has 0 saturated carbocycles. The lowest BCUT2D eigenvalue weighted by Gasteiger charge is -2.08. The summed E-state index contributed by atoms with van der Waals surface area (Å²) in [5.41, 5.74) is 1.86. The van der Waals surface area contributed by atoms with Crippen molar-refractivity contribution in [2.24, 2.45) is 0 Å². The number of alkyl carbamates (subject to hydrolysis) is 1. The van der Waals surface area contributed by atoms with Crippen molar-refractivity contribution in [3.05, 3.63) is 65.7 Å². The van der Waals surface area contributed by atoms with Crippen molar-refractivity contribution in [2.45, 2.75) is 20.0 Å². The zero-order valence-corrected chi connectivity index (χ0v) is 15.1. The molecule has 0 aliphatic rings. The normalized spacial score (nSPS) is 9.96. The molecule has 7 nitrogen and oxygen atoms in total. The van der Waals surface area contributed by atoms with E-state index in [-0.39, 0.29) is 25.5 Å². The standard InChI is InChI=1S/C20H22N2O5/c1-2-26-19(24)16-8-10-17(11-9-16)22-18(23)12-13-21-20(25)27-14-15-6-4-3-5-7-15/h3-11H,2,12-14H2,1H3,(H,21,25)(H,22,23). The van der Waals surface area contributed by atoms with Crippen molar-refractivity contribution in [2.75, 3.05) is 18.5 Å². The summed E-state index contributed by atoms with van der Waals surface area (Å²) in [5.74, 6) is -0.671. The van der Waals surface area contributed by atoms with E-state index in [9.17, 15) is 14.4 Å². The highest BCUT2D eigenvalue weighted by Gasteiger charge is 2.08. The number of hydrogen-bond donors (Lipinski definition) is 2. The Hall–Kier alpha value is -3.35. The van der Waals surface area contributed by atoms with E-state index in [1.165, 1.54) is 0 Å². The predicted octanol–water partition coefficient (Wildman–Crippen LogP) is 3.12. The molecule has 2 aromatic rings. The molecule has 0 aliphatic carbocycles. The van der Waals surface area contributed by atoms with Crippen LogP contribution in [0.1, 0.15) is 29.3 Å². The third-order valence-electron chi connectivity index (χ3n) is 3.51. The number of carbonyl (C=O) groups excluding carboxylic acids is 3. The maximum Gasteiger partial charge on any atom is 0.407 e. The lowest BCUT2D eigenvalue weighted by Crippen LogP contribution is -2.28. The molecule has 0 bridgehead atoms. The molecule has 0 fully saturated rings. The molecule has 2 amide bonds. The summed E-state index contributed by atoms with van der Waals surface area (Å²) in [6, 6.07) is 15.7. The molecule has 2 rings (SSSR count). The second-order valence-electron chi connectivity index (χ2n) is 5.58. The zero-order chi connectivity index (χ0) is 19.5. The fraction of sp³-hybridized carbons (Fsp3) is 0.250. The number of hydrogen-bond acceptors (Lipinski definition) is 5. The maximum absolute atomic E-state index is 11.9. The Morgan fingerprint density at radius 2 is 1.63 bits per heavy atom. The highest BCUT2D eigenvalue weighted by atomic mass is 16.5. The molecule has 142 valence electrons. The van der Waals surface area contributed by atoms with E-state index in [4.69, 9.17) is 9.47 Å². The highest BCUT2D eigenvalue weighted by Crippen LogP contribution is 2.11. The van der Waals surface area contributed by atoms with Gasteiger partial charge >= 0.3 is 12.1 Å². The average molecular weight is 370 g/mol. The average Bonchev–Trinajstić information content (AvgIpc) is 2.68. The lowest BCUT2D eigenvalue weighted by atomic mass is 10.2. The molecule has 0 radical (unpaired) electrons. The van der Waals surface area contributed by atoms with Crippen LogP contribution >= 0.6 is 0 Å². The van der Waals surface area contributed by atoms with Gasteiger partial charge in [-0.1, -0.05) is 30.3 Å². The molecule has 0 aliphatic heterocycles. The van der Waals surface area contributed by atoms with Crippen LogP contribution in [0.25, 0.3) is 0 Å². The van der Waals surface area contributed by atoms with Gasteiger partial charge in [-0.3, -0.25) is 4.79 Å². The van der Waals surface area contributed by atoms with Gasteiger partial charge in [0.2, 0.25) is 5.91 Å². The van der Waals surface area contributed by atoms with Gasteiger partial charge in [-0.25, -0.2) is 9.59 Å². The largest absolute Gasteiger partial charge is 0.462 e. The Kier molecular flexibility index (Phi) is 7.84. The van der Waals surface area contributed by atoms with E-state index in [0.29, 0.717) is 17.9 Å². The Bertz CT molecular complexity index is 760. The van der Waals surface area contributed by atoms with Crippen molar-refractivity contribution in [3.63, 3.8) is 0 Å². The summed E-state index contributed by atoms with van der Waals surface area (Å²) in [7, 11) is 0. The molecule has 0 saturated heterocycles. The molecule has 27 heavy (non-hydrogen) atoms. The van der Waals surface area contributed by atoms with Crippen LogP contribution < -0.4 is 10.6 Å². The molecule has 2 N–H and O–H groups in total. The lowest BCUT2D eigenvalue weighted by molar-refractivity contribution is -0.116. The summed E-state index contributed by atoms with van der Waals surface area (Å²) in [6.07, 6.45) is -0.481. The third kappa shape index (κ3) is 7.19. The minimum atomic E-state index is -0.578. The first kappa shape index (κ1) is 20.0. The minimum Gasteiger partial charge on any atom is -0.462 e. The van der Waals surface area contributed by atoms with Gasteiger partial charge in [0.05, 0.1) is 12.2 Å². The fourth-order valence-electron chi connectivity index (χ4n) is 2.18. The van der Waals surface area contributed by atoms with Gasteiger partial charge in [0.1, 0.15) is 6.61 Å². The van der Waals surface area contributed by atoms with Crippen LogP contribution in [0.4, 0.5) is 10.5 Å². The van der Waals surface area contributed by atoms with Gasteiger partial charge in [0, 0.05) is 18.7 Å². The zero-order valence-electron chi connectivity index (χ0n) is 15.1. The second-order valence-corrected chi connectivity index (χ2v) is 5.58. The van der Waals surface area contributed by atoms with Crippen LogP contribution in [0.3, 0.4) is 0 Å². The van der Waals surface area contributed by atoms with Crippen LogP contribution in [0, 0.1) is 0 Å².